The number of hydrogen-bond acceptors (Lipinski definition) is 4. The van der Waals surface area contributed by atoms with Gasteiger partial charge in [0.2, 0.25) is 0 Å². The number of carboxylic acids is 1. The van der Waals surface area contributed by atoms with Gasteiger partial charge in [0.1, 0.15) is 24.0 Å². The molecular formula is C30H28ClNO4. The van der Waals surface area contributed by atoms with Gasteiger partial charge in [-0.25, -0.2) is 9.78 Å². The van der Waals surface area contributed by atoms with Gasteiger partial charge >= 0.3 is 5.97 Å². The van der Waals surface area contributed by atoms with Crippen LogP contribution in [0.25, 0.3) is 23.1 Å². The number of rotatable bonds is 11. The third-order valence-corrected chi connectivity index (χ3v) is 5.96. The zero-order valence-corrected chi connectivity index (χ0v) is 20.8. The summed E-state index contributed by atoms with van der Waals surface area (Å²) in [7, 11) is 0. The molecule has 4 rings (SSSR count). The Hall–Kier alpha value is -3.67. The van der Waals surface area contributed by atoms with Crippen LogP contribution >= 0.6 is 11.6 Å². The number of aromatic carboxylic acids is 1. The van der Waals surface area contributed by atoms with Crippen LogP contribution in [0.2, 0.25) is 5.02 Å². The second kappa shape index (κ2) is 12.3. The molecule has 5 nitrogen and oxygen atoms in total. The Morgan fingerprint density at radius 1 is 1.03 bits per heavy atom. The lowest BCUT2D eigenvalue weighted by Gasteiger charge is -2.20. The molecule has 0 aliphatic rings. The number of benzene rings is 3. The van der Waals surface area contributed by atoms with Gasteiger partial charge in [0.15, 0.2) is 0 Å². The van der Waals surface area contributed by atoms with E-state index < -0.39 is 5.97 Å². The highest BCUT2D eigenvalue weighted by Crippen LogP contribution is 2.25. The first-order valence-electron chi connectivity index (χ1n) is 11.9. The molecule has 1 N–H and O–H groups in total. The van der Waals surface area contributed by atoms with E-state index in [1.807, 2.05) is 60.7 Å². The molecule has 0 saturated carbocycles. The molecule has 184 valence electrons. The number of hydrogen-bond donors (Lipinski definition) is 1. The van der Waals surface area contributed by atoms with Crippen LogP contribution in [-0.2, 0) is 4.74 Å². The molecule has 0 bridgehead atoms. The van der Waals surface area contributed by atoms with Crippen LogP contribution in [-0.4, -0.2) is 29.3 Å². The summed E-state index contributed by atoms with van der Waals surface area (Å²) in [5.74, 6) is -0.696. The van der Waals surface area contributed by atoms with Crippen molar-refractivity contribution >= 4 is 40.6 Å². The van der Waals surface area contributed by atoms with Crippen LogP contribution < -0.4 is 4.74 Å². The van der Waals surface area contributed by atoms with Crippen molar-refractivity contribution in [2.45, 2.75) is 25.9 Å². The molecule has 1 heterocycles. The summed E-state index contributed by atoms with van der Waals surface area (Å²) in [6.45, 7) is 2.90. The van der Waals surface area contributed by atoms with E-state index in [0.717, 1.165) is 40.6 Å². The molecule has 1 unspecified atom stereocenters. The van der Waals surface area contributed by atoms with Crippen LogP contribution in [0.1, 0.15) is 53.0 Å². The van der Waals surface area contributed by atoms with Crippen LogP contribution in [0.5, 0.6) is 5.75 Å². The Morgan fingerprint density at radius 3 is 2.69 bits per heavy atom. The van der Waals surface area contributed by atoms with Gasteiger partial charge in [0.25, 0.3) is 0 Å². The number of unbranched alkanes of at least 4 members (excludes halogenated alkanes) is 1. The number of ether oxygens (including phenoxy) is 2. The normalized spacial score (nSPS) is 12.2. The third-order valence-electron chi connectivity index (χ3n) is 5.73. The molecular weight excluding hydrogens is 474 g/mol. The smallest absolute Gasteiger partial charge is 0.339 e. The van der Waals surface area contributed by atoms with E-state index >= 15 is 0 Å². The van der Waals surface area contributed by atoms with E-state index in [1.54, 1.807) is 18.2 Å². The van der Waals surface area contributed by atoms with Crippen molar-refractivity contribution in [2.24, 2.45) is 0 Å². The minimum absolute atomic E-state index is 0.130. The third kappa shape index (κ3) is 6.72. The fraction of sp³-hybridized carbons (Fsp3) is 0.200. The molecule has 0 saturated heterocycles. The largest absolute Gasteiger partial charge is 0.490 e. The Kier molecular flexibility index (Phi) is 8.71. The van der Waals surface area contributed by atoms with Crippen molar-refractivity contribution in [1.29, 1.82) is 0 Å². The minimum atomic E-state index is -1.02. The summed E-state index contributed by atoms with van der Waals surface area (Å²) in [6, 6.07) is 24.3. The number of halogens is 1. The quantitative estimate of drug-likeness (QED) is 0.213. The number of pyridine rings is 1. The summed E-state index contributed by atoms with van der Waals surface area (Å²) in [6.07, 6.45) is 5.58. The predicted molar refractivity (Wildman–Crippen MR) is 145 cm³/mol. The fourth-order valence-electron chi connectivity index (χ4n) is 3.79. The second-order valence-corrected chi connectivity index (χ2v) is 8.84. The van der Waals surface area contributed by atoms with Gasteiger partial charge in [0, 0.05) is 17.0 Å². The molecule has 3 aromatic carbocycles. The van der Waals surface area contributed by atoms with Gasteiger partial charge in [-0.1, -0.05) is 73.5 Å². The summed E-state index contributed by atoms with van der Waals surface area (Å²) in [4.78, 5) is 16.2. The lowest BCUT2D eigenvalue weighted by molar-refractivity contribution is 0.0171. The Balaban J connectivity index is 1.53. The number of fused-ring (bicyclic) bond motifs is 1. The molecule has 0 aliphatic heterocycles. The topological polar surface area (TPSA) is 68.7 Å². The molecule has 0 radical (unpaired) electrons. The number of carboxylic acid groups (broad SMARTS) is 1. The van der Waals surface area contributed by atoms with Crippen LogP contribution in [0, 0.1) is 0 Å². The zero-order valence-electron chi connectivity index (χ0n) is 20.1. The fourth-order valence-corrected chi connectivity index (χ4v) is 3.95. The molecule has 0 fully saturated rings. The molecule has 36 heavy (non-hydrogen) atoms. The second-order valence-electron chi connectivity index (χ2n) is 8.40. The lowest BCUT2D eigenvalue weighted by Crippen LogP contribution is -2.16. The maximum Gasteiger partial charge on any atom is 0.339 e. The van der Waals surface area contributed by atoms with Gasteiger partial charge in [-0.15, -0.1) is 0 Å². The van der Waals surface area contributed by atoms with Gasteiger partial charge in [0.05, 0.1) is 11.2 Å². The van der Waals surface area contributed by atoms with Crippen molar-refractivity contribution in [1.82, 2.24) is 4.98 Å². The summed E-state index contributed by atoms with van der Waals surface area (Å²) < 4.78 is 12.1. The highest BCUT2D eigenvalue weighted by atomic mass is 35.5. The van der Waals surface area contributed by atoms with Gasteiger partial charge in [-0.2, -0.15) is 0 Å². The average molecular weight is 502 g/mol. The van der Waals surface area contributed by atoms with Gasteiger partial charge < -0.3 is 14.6 Å². The van der Waals surface area contributed by atoms with E-state index in [0.29, 0.717) is 17.4 Å². The highest BCUT2D eigenvalue weighted by molar-refractivity contribution is 6.31. The van der Waals surface area contributed by atoms with Crippen molar-refractivity contribution in [2.75, 3.05) is 13.2 Å². The Morgan fingerprint density at radius 2 is 1.86 bits per heavy atom. The maximum absolute atomic E-state index is 11.5. The number of para-hydroxylation sites is 1. The molecule has 1 aromatic heterocycles. The number of carbonyl (C=O) groups is 1. The monoisotopic (exact) mass is 501 g/mol. The average Bonchev–Trinajstić information content (AvgIpc) is 2.89. The first-order chi connectivity index (χ1) is 17.5. The van der Waals surface area contributed by atoms with Crippen LogP contribution in [0.4, 0.5) is 0 Å². The molecule has 0 amide bonds. The zero-order chi connectivity index (χ0) is 25.3. The van der Waals surface area contributed by atoms with Crippen LogP contribution in [0.15, 0.2) is 78.9 Å². The Bertz CT molecular complexity index is 1370. The van der Waals surface area contributed by atoms with E-state index in [4.69, 9.17) is 21.1 Å². The Labute approximate surface area is 216 Å². The first-order valence-corrected chi connectivity index (χ1v) is 12.3. The number of nitrogens with zero attached hydrogens (tertiary/aromatic N) is 1. The molecule has 4 aromatic rings. The molecule has 0 aliphatic carbocycles. The van der Waals surface area contributed by atoms with Gasteiger partial charge in [-0.3, -0.25) is 0 Å². The van der Waals surface area contributed by atoms with Crippen molar-refractivity contribution in [3.05, 3.63) is 106 Å². The molecule has 6 heteroatoms. The molecule has 0 spiro atoms. The van der Waals surface area contributed by atoms with E-state index in [2.05, 4.69) is 18.0 Å². The SMILES string of the molecule is CCCCOC(COc1ccccc1C(=O)O)c1cccc(/C=C/c2ccc3ccc(Cl)cc3n2)c1. The summed E-state index contributed by atoms with van der Waals surface area (Å²) >= 11 is 6.12. The minimum Gasteiger partial charge on any atom is -0.490 e. The van der Waals surface area contributed by atoms with Gasteiger partial charge in [-0.05, 0) is 60.0 Å². The highest BCUT2D eigenvalue weighted by Gasteiger charge is 2.16. The van der Waals surface area contributed by atoms with E-state index in [-0.39, 0.29) is 18.3 Å². The van der Waals surface area contributed by atoms with Crippen molar-refractivity contribution in [3.8, 4) is 5.75 Å². The van der Waals surface area contributed by atoms with E-state index in [9.17, 15) is 9.90 Å². The summed E-state index contributed by atoms with van der Waals surface area (Å²) in [5, 5.41) is 11.1. The van der Waals surface area contributed by atoms with E-state index in [1.165, 1.54) is 6.07 Å². The first kappa shape index (κ1) is 25.4. The summed E-state index contributed by atoms with van der Waals surface area (Å²) in [5.41, 5.74) is 3.77. The van der Waals surface area contributed by atoms with Crippen LogP contribution in [0.3, 0.4) is 0 Å². The molecule has 1 atom stereocenters. The predicted octanol–water partition coefficient (Wildman–Crippen LogP) is 7.69. The van der Waals surface area contributed by atoms with Crippen molar-refractivity contribution < 1.29 is 19.4 Å². The standard InChI is InChI=1S/C30H28ClNO4/c1-2-3-17-35-29(20-36-28-10-5-4-9-26(28)30(33)34)23-8-6-7-21(18-23)11-15-25-16-13-22-12-14-24(31)19-27(22)32-25/h4-16,18-19,29H,2-3,17,20H2,1H3,(H,33,34)/b15-11+. The lowest BCUT2D eigenvalue weighted by atomic mass is 10.1. The maximum atomic E-state index is 11.5. The number of aromatic nitrogens is 1. The van der Waals surface area contributed by atoms with Crippen molar-refractivity contribution in [3.63, 3.8) is 0 Å².